The molecule has 0 spiro atoms. The van der Waals surface area contributed by atoms with Crippen LogP contribution in [0.3, 0.4) is 0 Å². The minimum absolute atomic E-state index is 0.0332. The van der Waals surface area contributed by atoms with Crippen LogP contribution in [-0.4, -0.2) is 68.9 Å². The first-order valence-electron chi connectivity index (χ1n) is 10.0. The number of rotatable bonds is 8. The summed E-state index contributed by atoms with van der Waals surface area (Å²) in [6, 6.07) is 2.60. The molecule has 0 aliphatic carbocycles. The highest BCUT2D eigenvalue weighted by Gasteiger charge is 2.35. The van der Waals surface area contributed by atoms with Crippen molar-refractivity contribution in [3.8, 4) is 5.88 Å². The van der Waals surface area contributed by atoms with E-state index < -0.39 is 37.4 Å². The maximum Gasteiger partial charge on any atom is 0.422 e. The Morgan fingerprint density at radius 3 is 2.73 bits per heavy atom. The molecule has 2 aromatic rings. The van der Waals surface area contributed by atoms with Crippen LogP contribution in [0.5, 0.6) is 5.88 Å². The molecule has 9 nitrogen and oxygen atoms in total. The van der Waals surface area contributed by atoms with Crippen LogP contribution in [0.1, 0.15) is 50.5 Å². The summed E-state index contributed by atoms with van der Waals surface area (Å²) in [4.78, 5) is 35.0. The van der Waals surface area contributed by atoms with E-state index in [1.54, 1.807) is 19.9 Å². The Morgan fingerprint density at radius 2 is 2.09 bits per heavy atom. The molecule has 1 aliphatic heterocycles. The quantitative estimate of drug-likeness (QED) is 0.537. The third-order valence-electron chi connectivity index (χ3n) is 5.17. The molecule has 0 aromatic carbocycles. The smallest absolute Gasteiger partial charge is 0.422 e. The van der Waals surface area contributed by atoms with E-state index >= 15 is 0 Å². The average molecular weight is 468 g/mol. The predicted molar refractivity (Wildman–Crippen MR) is 108 cm³/mol. The molecule has 0 saturated heterocycles. The number of carbonyl (C=O) groups excluding carboxylic acids is 2. The van der Waals surface area contributed by atoms with Gasteiger partial charge in [0.2, 0.25) is 5.88 Å². The molecule has 178 valence electrons. The maximum atomic E-state index is 13.0. The van der Waals surface area contributed by atoms with Gasteiger partial charge in [0.1, 0.15) is 5.69 Å². The SMILES string of the molecule is Cc1cc(C(C)N2Cc3c(ccnc3C(=O)NCC(O)CO)C2=O)cnc1OCC(F)(F)F. The molecule has 3 N–H and O–H groups in total. The van der Waals surface area contributed by atoms with Gasteiger partial charge in [0.05, 0.1) is 18.8 Å². The van der Waals surface area contributed by atoms with E-state index in [9.17, 15) is 27.9 Å². The van der Waals surface area contributed by atoms with E-state index in [-0.39, 0.29) is 30.6 Å². The van der Waals surface area contributed by atoms with Gasteiger partial charge in [0, 0.05) is 42.2 Å². The second-order valence-electron chi connectivity index (χ2n) is 7.64. The molecule has 12 heteroatoms. The monoisotopic (exact) mass is 468 g/mol. The summed E-state index contributed by atoms with van der Waals surface area (Å²) in [6.07, 6.45) is -2.92. The van der Waals surface area contributed by atoms with Gasteiger partial charge < -0.3 is 25.2 Å². The van der Waals surface area contributed by atoms with Crippen molar-refractivity contribution in [3.63, 3.8) is 0 Å². The van der Waals surface area contributed by atoms with Crippen molar-refractivity contribution < 1.29 is 37.7 Å². The zero-order valence-corrected chi connectivity index (χ0v) is 17.9. The number of carbonyl (C=O) groups is 2. The molecule has 0 saturated carbocycles. The molecule has 2 unspecified atom stereocenters. The van der Waals surface area contributed by atoms with Crippen molar-refractivity contribution in [2.75, 3.05) is 19.8 Å². The topological polar surface area (TPSA) is 125 Å². The van der Waals surface area contributed by atoms with Gasteiger partial charge in [-0.05, 0) is 31.5 Å². The second kappa shape index (κ2) is 9.71. The van der Waals surface area contributed by atoms with Crippen LogP contribution in [0.2, 0.25) is 0 Å². The van der Waals surface area contributed by atoms with Gasteiger partial charge in [0.25, 0.3) is 11.8 Å². The zero-order valence-electron chi connectivity index (χ0n) is 17.9. The van der Waals surface area contributed by atoms with E-state index in [0.717, 1.165) is 0 Å². The fraction of sp³-hybridized carbons (Fsp3) is 0.429. The number of halogens is 3. The number of alkyl halides is 3. The van der Waals surface area contributed by atoms with Crippen molar-refractivity contribution in [2.45, 2.75) is 38.7 Å². The van der Waals surface area contributed by atoms with Crippen LogP contribution in [0, 0.1) is 6.92 Å². The number of hydrogen-bond donors (Lipinski definition) is 3. The first-order valence-corrected chi connectivity index (χ1v) is 10.0. The molecule has 0 radical (unpaired) electrons. The molecule has 3 heterocycles. The Morgan fingerprint density at radius 1 is 1.36 bits per heavy atom. The molecule has 0 bridgehead atoms. The van der Waals surface area contributed by atoms with E-state index in [1.165, 1.54) is 23.4 Å². The third kappa shape index (κ3) is 5.57. The number of hydrogen-bond acceptors (Lipinski definition) is 7. The molecule has 2 aromatic heterocycles. The minimum atomic E-state index is -4.48. The number of nitrogens with zero attached hydrogens (tertiary/aromatic N) is 3. The molecule has 33 heavy (non-hydrogen) atoms. The molecule has 1 aliphatic rings. The largest absolute Gasteiger partial charge is 0.468 e. The van der Waals surface area contributed by atoms with E-state index in [2.05, 4.69) is 15.3 Å². The van der Waals surface area contributed by atoms with Gasteiger partial charge in [-0.3, -0.25) is 14.6 Å². The molecule has 3 rings (SSSR count). The lowest BCUT2D eigenvalue weighted by Gasteiger charge is -2.25. The highest BCUT2D eigenvalue weighted by molar-refractivity contribution is 6.03. The number of aromatic nitrogens is 2. The number of nitrogens with one attached hydrogen (secondary N) is 1. The standard InChI is InChI=1S/C21H23F3N4O5/c1-11-5-13(6-27-19(11)33-10-21(22,23)24)12(2)28-8-16-15(20(28)32)3-4-25-17(16)18(31)26-7-14(30)9-29/h3-6,12,14,29-30H,7-10H2,1-2H3,(H,26,31). The first kappa shape index (κ1) is 24.4. The van der Waals surface area contributed by atoms with E-state index in [0.29, 0.717) is 22.3 Å². The summed E-state index contributed by atoms with van der Waals surface area (Å²) in [5, 5.41) is 20.8. The normalized spacial score (nSPS) is 15.2. The van der Waals surface area contributed by atoms with Crippen molar-refractivity contribution >= 4 is 11.8 Å². The van der Waals surface area contributed by atoms with Crippen LogP contribution in [-0.2, 0) is 6.54 Å². The van der Waals surface area contributed by atoms with Crippen LogP contribution < -0.4 is 10.1 Å². The average Bonchev–Trinajstić information content (AvgIpc) is 3.11. The molecule has 0 fully saturated rings. The zero-order chi connectivity index (χ0) is 24.3. The lowest BCUT2D eigenvalue weighted by Crippen LogP contribution is -2.35. The van der Waals surface area contributed by atoms with Gasteiger partial charge >= 0.3 is 6.18 Å². The number of aliphatic hydroxyl groups is 2. The Balaban J connectivity index is 1.77. The number of aliphatic hydroxyl groups excluding tert-OH is 2. The van der Waals surface area contributed by atoms with Crippen LogP contribution >= 0.6 is 0 Å². The van der Waals surface area contributed by atoms with Crippen molar-refractivity contribution in [3.05, 3.63) is 52.5 Å². The third-order valence-corrected chi connectivity index (χ3v) is 5.17. The summed E-state index contributed by atoms with van der Waals surface area (Å²) < 4.78 is 41.9. The maximum absolute atomic E-state index is 13.0. The number of ether oxygens (including phenoxy) is 1. The van der Waals surface area contributed by atoms with Gasteiger partial charge in [-0.1, -0.05) is 0 Å². The highest BCUT2D eigenvalue weighted by Crippen LogP contribution is 2.33. The van der Waals surface area contributed by atoms with E-state index in [4.69, 9.17) is 9.84 Å². The van der Waals surface area contributed by atoms with Crippen LogP contribution in [0.25, 0.3) is 0 Å². The Kier molecular flexibility index (Phi) is 7.18. The summed E-state index contributed by atoms with van der Waals surface area (Å²) in [5.74, 6) is -1.07. The fourth-order valence-corrected chi connectivity index (χ4v) is 3.41. The van der Waals surface area contributed by atoms with Gasteiger partial charge in [-0.25, -0.2) is 4.98 Å². The van der Waals surface area contributed by atoms with Gasteiger partial charge in [0.15, 0.2) is 6.61 Å². The van der Waals surface area contributed by atoms with Crippen molar-refractivity contribution in [1.82, 2.24) is 20.2 Å². The summed E-state index contributed by atoms with van der Waals surface area (Å²) in [6.45, 7) is 1.23. The number of fused-ring (bicyclic) bond motifs is 1. The lowest BCUT2D eigenvalue weighted by molar-refractivity contribution is -0.154. The van der Waals surface area contributed by atoms with Gasteiger partial charge in [-0.2, -0.15) is 13.2 Å². The summed E-state index contributed by atoms with van der Waals surface area (Å²) in [5.41, 5.74) is 1.72. The van der Waals surface area contributed by atoms with Crippen molar-refractivity contribution in [2.24, 2.45) is 0 Å². The summed E-state index contributed by atoms with van der Waals surface area (Å²) >= 11 is 0. The van der Waals surface area contributed by atoms with Crippen LogP contribution in [0.15, 0.2) is 24.5 Å². The second-order valence-corrected chi connectivity index (χ2v) is 7.64. The molecular formula is C21H23F3N4O5. The van der Waals surface area contributed by atoms with Gasteiger partial charge in [-0.15, -0.1) is 0 Å². The Bertz CT molecular complexity index is 1050. The minimum Gasteiger partial charge on any atom is -0.468 e. The first-order chi connectivity index (χ1) is 15.5. The molecule has 2 amide bonds. The number of amides is 2. The molecular weight excluding hydrogens is 445 g/mol. The fourth-order valence-electron chi connectivity index (χ4n) is 3.41. The van der Waals surface area contributed by atoms with Crippen LogP contribution in [0.4, 0.5) is 13.2 Å². The summed E-state index contributed by atoms with van der Waals surface area (Å²) in [7, 11) is 0. The number of aryl methyl sites for hydroxylation is 1. The molecule has 2 atom stereocenters. The Hall–Kier alpha value is -3.25. The number of pyridine rings is 2. The highest BCUT2D eigenvalue weighted by atomic mass is 19.4. The Labute approximate surface area is 187 Å². The lowest BCUT2D eigenvalue weighted by atomic mass is 10.1. The predicted octanol–water partition coefficient (Wildman–Crippen LogP) is 1.53. The van der Waals surface area contributed by atoms with E-state index in [1.807, 2.05) is 0 Å². The van der Waals surface area contributed by atoms with Crippen molar-refractivity contribution in [1.29, 1.82) is 0 Å².